The quantitative estimate of drug-likeness (QED) is 0.477. The summed E-state index contributed by atoms with van der Waals surface area (Å²) in [6.07, 6.45) is 1.52. The normalized spacial score (nSPS) is 11.1. The van der Waals surface area contributed by atoms with Crippen LogP contribution in [0.5, 0.6) is 5.75 Å². The third kappa shape index (κ3) is 2.98. The molecule has 2 aromatic rings. The molecule has 0 aliphatic rings. The Balaban J connectivity index is 2.51. The lowest BCUT2D eigenvalue weighted by Crippen LogP contribution is -1.98. The van der Waals surface area contributed by atoms with E-state index in [0.717, 1.165) is 0 Å². The minimum atomic E-state index is -0.387. The highest BCUT2D eigenvalue weighted by Gasteiger charge is 2.14. The van der Waals surface area contributed by atoms with Gasteiger partial charge >= 0.3 is 0 Å². The number of para-hydroxylation sites is 1. The standard InChI is InChI=1S/C15H13NO3/c1-19-15-10-6-5-9-13(15)11-14(16(17)18)12-7-3-2-4-8-12/h2-11H,1H3. The Hall–Kier alpha value is -2.62. The van der Waals surface area contributed by atoms with Crippen LogP contribution in [-0.4, -0.2) is 12.0 Å². The molecule has 0 fully saturated rings. The predicted molar refractivity (Wildman–Crippen MR) is 74.3 cm³/mol. The van der Waals surface area contributed by atoms with Crippen molar-refractivity contribution in [3.05, 3.63) is 75.8 Å². The van der Waals surface area contributed by atoms with Crippen molar-refractivity contribution in [3.63, 3.8) is 0 Å². The number of ether oxygens (including phenoxy) is 1. The maximum absolute atomic E-state index is 11.2. The molecule has 0 bridgehead atoms. The summed E-state index contributed by atoms with van der Waals surface area (Å²) in [7, 11) is 1.54. The van der Waals surface area contributed by atoms with E-state index >= 15 is 0 Å². The molecule has 19 heavy (non-hydrogen) atoms. The first-order chi connectivity index (χ1) is 9.22. The van der Waals surface area contributed by atoms with Gasteiger partial charge in [0.1, 0.15) is 5.75 Å². The average molecular weight is 255 g/mol. The molecule has 0 aromatic heterocycles. The van der Waals surface area contributed by atoms with Crippen molar-refractivity contribution in [2.45, 2.75) is 0 Å². The van der Waals surface area contributed by atoms with Gasteiger partial charge in [0.25, 0.3) is 5.70 Å². The van der Waals surface area contributed by atoms with E-state index in [1.165, 1.54) is 6.08 Å². The van der Waals surface area contributed by atoms with Crippen LogP contribution in [0.1, 0.15) is 11.1 Å². The molecule has 0 aliphatic carbocycles. The molecule has 0 heterocycles. The van der Waals surface area contributed by atoms with Gasteiger partial charge < -0.3 is 4.74 Å². The van der Waals surface area contributed by atoms with E-state index in [0.29, 0.717) is 16.9 Å². The summed E-state index contributed by atoms with van der Waals surface area (Å²) in [5.74, 6) is 0.609. The molecule has 0 amide bonds. The second-order valence-electron chi connectivity index (χ2n) is 3.89. The maximum atomic E-state index is 11.2. The van der Waals surface area contributed by atoms with Crippen LogP contribution in [0.2, 0.25) is 0 Å². The molecule has 0 spiro atoms. The highest BCUT2D eigenvalue weighted by molar-refractivity contribution is 5.78. The Labute approximate surface area is 111 Å². The zero-order valence-corrected chi connectivity index (χ0v) is 10.4. The topological polar surface area (TPSA) is 52.4 Å². The average Bonchev–Trinajstić information content (AvgIpc) is 2.45. The van der Waals surface area contributed by atoms with E-state index in [1.807, 2.05) is 18.2 Å². The summed E-state index contributed by atoms with van der Waals surface area (Å²) < 4.78 is 5.19. The molecule has 2 aromatic carbocycles. The van der Waals surface area contributed by atoms with Gasteiger partial charge in [-0.2, -0.15) is 0 Å². The molecule has 0 unspecified atom stereocenters. The third-order valence-electron chi connectivity index (χ3n) is 2.70. The Morgan fingerprint density at radius 3 is 2.37 bits per heavy atom. The number of nitrogens with zero attached hydrogens (tertiary/aromatic N) is 1. The fourth-order valence-corrected chi connectivity index (χ4v) is 1.78. The molecule has 0 atom stereocenters. The molecule has 0 radical (unpaired) electrons. The first-order valence-corrected chi connectivity index (χ1v) is 5.77. The Morgan fingerprint density at radius 1 is 1.11 bits per heavy atom. The second-order valence-corrected chi connectivity index (χ2v) is 3.89. The Bertz CT molecular complexity index is 606. The van der Waals surface area contributed by atoms with Gasteiger partial charge in [-0.1, -0.05) is 36.4 Å². The lowest BCUT2D eigenvalue weighted by molar-refractivity contribution is -0.374. The van der Waals surface area contributed by atoms with Crippen LogP contribution >= 0.6 is 0 Å². The molecule has 0 aliphatic heterocycles. The molecule has 0 N–H and O–H groups in total. The van der Waals surface area contributed by atoms with Crippen LogP contribution in [-0.2, 0) is 0 Å². The van der Waals surface area contributed by atoms with Crippen molar-refractivity contribution in [1.82, 2.24) is 0 Å². The van der Waals surface area contributed by atoms with Crippen molar-refractivity contribution < 1.29 is 9.66 Å². The highest BCUT2D eigenvalue weighted by atomic mass is 16.6. The van der Waals surface area contributed by atoms with Crippen molar-refractivity contribution in [2.75, 3.05) is 7.11 Å². The molecular formula is C15H13NO3. The van der Waals surface area contributed by atoms with Crippen molar-refractivity contribution >= 4 is 11.8 Å². The summed E-state index contributed by atoms with van der Waals surface area (Å²) in [5.41, 5.74) is 1.30. The van der Waals surface area contributed by atoms with Crippen LogP contribution in [0.3, 0.4) is 0 Å². The molecule has 4 nitrogen and oxygen atoms in total. The van der Waals surface area contributed by atoms with E-state index < -0.39 is 0 Å². The Morgan fingerprint density at radius 2 is 1.74 bits per heavy atom. The molecule has 2 rings (SSSR count). The number of benzene rings is 2. The molecule has 96 valence electrons. The van der Waals surface area contributed by atoms with Crippen LogP contribution < -0.4 is 4.74 Å². The van der Waals surface area contributed by atoms with Gasteiger partial charge in [-0.05, 0) is 18.2 Å². The highest BCUT2D eigenvalue weighted by Crippen LogP contribution is 2.24. The largest absolute Gasteiger partial charge is 0.496 e. The van der Waals surface area contributed by atoms with Crippen molar-refractivity contribution in [3.8, 4) is 5.75 Å². The summed E-state index contributed by atoms with van der Waals surface area (Å²) in [6.45, 7) is 0. The number of methoxy groups -OCH3 is 1. The van der Waals surface area contributed by atoms with E-state index in [1.54, 1.807) is 43.5 Å². The zero-order valence-electron chi connectivity index (χ0n) is 10.4. The second kappa shape index (κ2) is 5.82. The fourth-order valence-electron chi connectivity index (χ4n) is 1.78. The van der Waals surface area contributed by atoms with Crippen LogP contribution in [0.4, 0.5) is 0 Å². The van der Waals surface area contributed by atoms with E-state index in [2.05, 4.69) is 0 Å². The van der Waals surface area contributed by atoms with Gasteiger partial charge in [0, 0.05) is 11.6 Å². The maximum Gasteiger partial charge on any atom is 0.277 e. The van der Waals surface area contributed by atoms with Crippen LogP contribution in [0, 0.1) is 10.1 Å². The molecule has 0 saturated heterocycles. The lowest BCUT2D eigenvalue weighted by Gasteiger charge is -2.04. The first-order valence-electron chi connectivity index (χ1n) is 5.77. The number of rotatable bonds is 4. The molecular weight excluding hydrogens is 242 g/mol. The van der Waals surface area contributed by atoms with E-state index in [9.17, 15) is 10.1 Å². The third-order valence-corrected chi connectivity index (χ3v) is 2.70. The smallest absolute Gasteiger partial charge is 0.277 e. The number of hydrogen-bond acceptors (Lipinski definition) is 3. The number of hydrogen-bond donors (Lipinski definition) is 0. The van der Waals surface area contributed by atoms with E-state index in [4.69, 9.17) is 4.74 Å². The minimum absolute atomic E-state index is 0.0464. The van der Waals surface area contributed by atoms with Gasteiger partial charge in [0.2, 0.25) is 0 Å². The fraction of sp³-hybridized carbons (Fsp3) is 0.0667. The van der Waals surface area contributed by atoms with Gasteiger partial charge in [-0.25, -0.2) is 0 Å². The Kier molecular flexibility index (Phi) is 3.93. The van der Waals surface area contributed by atoms with Gasteiger partial charge in [0.05, 0.1) is 17.6 Å². The van der Waals surface area contributed by atoms with Crippen LogP contribution in [0.25, 0.3) is 11.8 Å². The van der Waals surface area contributed by atoms with Crippen LogP contribution in [0.15, 0.2) is 54.6 Å². The van der Waals surface area contributed by atoms with Crippen molar-refractivity contribution in [2.24, 2.45) is 0 Å². The number of nitro groups is 1. The lowest BCUT2D eigenvalue weighted by atomic mass is 10.1. The molecule has 4 heteroatoms. The van der Waals surface area contributed by atoms with Gasteiger partial charge in [-0.3, -0.25) is 10.1 Å². The minimum Gasteiger partial charge on any atom is -0.496 e. The summed E-state index contributed by atoms with van der Waals surface area (Å²) in [5, 5.41) is 11.2. The molecule has 0 saturated carbocycles. The predicted octanol–water partition coefficient (Wildman–Crippen LogP) is 3.47. The summed E-state index contributed by atoms with van der Waals surface area (Å²) in [4.78, 5) is 10.8. The van der Waals surface area contributed by atoms with E-state index in [-0.39, 0.29) is 10.6 Å². The van der Waals surface area contributed by atoms with Gasteiger partial charge in [0.15, 0.2) is 0 Å². The van der Waals surface area contributed by atoms with Gasteiger partial charge in [-0.15, -0.1) is 0 Å². The monoisotopic (exact) mass is 255 g/mol. The first kappa shape index (κ1) is 12.8. The SMILES string of the molecule is COc1ccccc1C=C(c1ccccc1)[N+](=O)[O-]. The zero-order chi connectivity index (χ0) is 13.7. The summed E-state index contributed by atoms with van der Waals surface area (Å²) in [6, 6.07) is 16.0. The van der Waals surface area contributed by atoms with Crippen molar-refractivity contribution in [1.29, 1.82) is 0 Å². The summed E-state index contributed by atoms with van der Waals surface area (Å²) >= 11 is 0.